The summed E-state index contributed by atoms with van der Waals surface area (Å²) in [6, 6.07) is 0.214. The Kier molecular flexibility index (Phi) is 7.10. The summed E-state index contributed by atoms with van der Waals surface area (Å²) in [7, 11) is 0. The van der Waals surface area contributed by atoms with E-state index in [4.69, 9.17) is 0 Å². The van der Waals surface area contributed by atoms with Crippen LogP contribution in [-0.4, -0.2) is 12.5 Å². The van der Waals surface area contributed by atoms with Gasteiger partial charge in [0.05, 0.1) is 0 Å². The summed E-state index contributed by atoms with van der Waals surface area (Å²) < 4.78 is 0. The van der Waals surface area contributed by atoms with Gasteiger partial charge in [-0.15, -0.1) is 6.58 Å². The summed E-state index contributed by atoms with van der Waals surface area (Å²) in [6.07, 6.45) is 16.3. The number of fused-ring (bicyclic) bond motifs is 2. The van der Waals surface area contributed by atoms with Crippen molar-refractivity contribution >= 4 is 6.41 Å². The van der Waals surface area contributed by atoms with Crippen molar-refractivity contribution in [1.82, 2.24) is 5.32 Å². The number of rotatable bonds is 10. The maximum Gasteiger partial charge on any atom is 0.207 e. The molecule has 2 heteroatoms. The van der Waals surface area contributed by atoms with Gasteiger partial charge in [-0.05, 0) is 106 Å². The van der Waals surface area contributed by atoms with Crippen LogP contribution in [0.25, 0.3) is 0 Å². The molecule has 1 N–H and O–H groups in total. The molecule has 0 aromatic carbocycles. The maximum absolute atomic E-state index is 11.0. The zero-order chi connectivity index (χ0) is 20.3. The molecule has 0 aromatic heterocycles. The molecule has 0 aromatic rings. The summed E-state index contributed by atoms with van der Waals surface area (Å²) >= 11 is 0. The van der Waals surface area contributed by atoms with Crippen LogP contribution in [0, 0.1) is 40.9 Å². The molecule has 8 unspecified atom stereocenters. The van der Waals surface area contributed by atoms with E-state index in [1.54, 1.807) is 0 Å². The van der Waals surface area contributed by atoms with E-state index in [-0.39, 0.29) is 6.04 Å². The molecule has 28 heavy (non-hydrogen) atoms. The third-order valence-corrected chi connectivity index (χ3v) is 9.35. The second kappa shape index (κ2) is 9.18. The number of nitrogens with one attached hydrogen (secondary N) is 1. The molecule has 2 nitrogen and oxygen atoms in total. The molecule has 0 spiro atoms. The van der Waals surface area contributed by atoms with Crippen molar-refractivity contribution in [2.75, 3.05) is 0 Å². The predicted molar refractivity (Wildman–Crippen MR) is 119 cm³/mol. The van der Waals surface area contributed by atoms with Gasteiger partial charge in [-0.2, -0.15) is 0 Å². The zero-order valence-electron chi connectivity index (χ0n) is 18.6. The topological polar surface area (TPSA) is 29.1 Å². The smallest absolute Gasteiger partial charge is 0.207 e. The van der Waals surface area contributed by atoms with E-state index in [9.17, 15) is 4.79 Å². The number of allylic oxidation sites excluding steroid dienone is 2. The fourth-order valence-electron chi connectivity index (χ4n) is 7.54. The average Bonchev–Trinajstić information content (AvgIpc) is 3.27. The number of amides is 1. The van der Waals surface area contributed by atoms with Crippen LogP contribution in [0.3, 0.4) is 0 Å². The maximum atomic E-state index is 11.0. The van der Waals surface area contributed by atoms with Gasteiger partial charge in [0, 0.05) is 6.04 Å². The molecule has 3 aliphatic carbocycles. The van der Waals surface area contributed by atoms with Crippen LogP contribution in [0.5, 0.6) is 0 Å². The van der Waals surface area contributed by atoms with Crippen molar-refractivity contribution in [2.24, 2.45) is 40.9 Å². The first-order valence-corrected chi connectivity index (χ1v) is 11.9. The molecule has 0 heterocycles. The first-order valence-electron chi connectivity index (χ1n) is 11.9. The van der Waals surface area contributed by atoms with Gasteiger partial charge >= 0.3 is 0 Å². The standard InChI is InChI=1S/C26H43NO/c1-6-8-25(20(5)27-17-28)24-12-11-23(19(24)4)18(3)16-26(7-2)14-13-21-9-10-22(26)15-21/h6,17,19-25H,1,3,7-16H2,2,4-5H3,(H,27,28). The molecule has 3 rings (SSSR count). The van der Waals surface area contributed by atoms with E-state index in [0.717, 1.165) is 24.7 Å². The molecule has 8 atom stereocenters. The molecule has 2 bridgehead atoms. The third-order valence-electron chi connectivity index (χ3n) is 9.35. The third kappa shape index (κ3) is 4.12. The summed E-state index contributed by atoms with van der Waals surface area (Å²) in [4.78, 5) is 11.0. The first kappa shape index (κ1) is 21.7. The van der Waals surface area contributed by atoms with Crippen LogP contribution in [0.2, 0.25) is 0 Å². The largest absolute Gasteiger partial charge is 0.356 e. The molecule has 3 saturated carbocycles. The summed E-state index contributed by atoms with van der Waals surface area (Å²) in [5.74, 6) is 4.43. The monoisotopic (exact) mass is 385 g/mol. The van der Waals surface area contributed by atoms with E-state index in [2.05, 4.69) is 39.2 Å². The van der Waals surface area contributed by atoms with Crippen LogP contribution in [0.15, 0.2) is 24.8 Å². The highest BCUT2D eigenvalue weighted by Gasteiger charge is 2.47. The molecule has 158 valence electrons. The summed E-state index contributed by atoms with van der Waals surface area (Å²) in [6.45, 7) is 15.7. The highest BCUT2D eigenvalue weighted by atomic mass is 16.1. The number of carbonyl (C=O) groups excluding carboxylic acids is 1. The second-order valence-electron chi connectivity index (χ2n) is 10.4. The fourth-order valence-corrected chi connectivity index (χ4v) is 7.54. The van der Waals surface area contributed by atoms with Gasteiger partial charge in [-0.1, -0.05) is 38.5 Å². The van der Waals surface area contributed by atoms with Crippen LogP contribution in [0.1, 0.15) is 85.0 Å². The van der Waals surface area contributed by atoms with E-state index >= 15 is 0 Å². The van der Waals surface area contributed by atoms with Crippen molar-refractivity contribution < 1.29 is 4.79 Å². The average molecular weight is 386 g/mol. The highest BCUT2D eigenvalue weighted by molar-refractivity contribution is 5.46. The molecule has 1 amide bonds. The minimum atomic E-state index is 0.214. The zero-order valence-corrected chi connectivity index (χ0v) is 18.6. The van der Waals surface area contributed by atoms with Crippen LogP contribution >= 0.6 is 0 Å². The SMILES string of the molecule is C=CCC(C(C)NC=O)C1CCC(C(=C)CC2(CC)CCC3CCC2C3)C1C. The first-order chi connectivity index (χ1) is 13.5. The molecular weight excluding hydrogens is 342 g/mol. The van der Waals surface area contributed by atoms with E-state index in [1.165, 1.54) is 63.4 Å². The Labute approximate surface area is 173 Å². The van der Waals surface area contributed by atoms with E-state index in [1.807, 2.05) is 6.08 Å². The van der Waals surface area contributed by atoms with Crippen molar-refractivity contribution in [3.63, 3.8) is 0 Å². The second-order valence-corrected chi connectivity index (χ2v) is 10.4. The molecular formula is C26H43NO. The van der Waals surface area contributed by atoms with E-state index in [0.29, 0.717) is 29.1 Å². The van der Waals surface area contributed by atoms with Crippen LogP contribution in [-0.2, 0) is 4.79 Å². The van der Waals surface area contributed by atoms with Crippen molar-refractivity contribution in [3.05, 3.63) is 24.8 Å². The Morgan fingerprint density at radius 2 is 2.04 bits per heavy atom. The Morgan fingerprint density at radius 1 is 1.25 bits per heavy atom. The summed E-state index contributed by atoms with van der Waals surface area (Å²) in [5, 5.41) is 3.02. The molecule has 0 saturated heterocycles. The molecule has 0 aliphatic heterocycles. The van der Waals surface area contributed by atoms with Crippen LogP contribution in [0.4, 0.5) is 0 Å². The number of carbonyl (C=O) groups is 1. The lowest BCUT2D eigenvalue weighted by molar-refractivity contribution is -0.110. The van der Waals surface area contributed by atoms with Gasteiger partial charge in [0.1, 0.15) is 0 Å². The van der Waals surface area contributed by atoms with Gasteiger partial charge in [-0.3, -0.25) is 4.79 Å². The Balaban J connectivity index is 1.67. The normalized spacial score (nSPS) is 39.3. The quantitative estimate of drug-likeness (QED) is 0.336. The molecule has 3 aliphatic rings. The van der Waals surface area contributed by atoms with Crippen LogP contribution < -0.4 is 5.32 Å². The minimum Gasteiger partial charge on any atom is -0.356 e. The van der Waals surface area contributed by atoms with Gasteiger partial charge in [0.25, 0.3) is 0 Å². The minimum absolute atomic E-state index is 0.214. The van der Waals surface area contributed by atoms with Crippen molar-refractivity contribution in [2.45, 2.75) is 91.0 Å². The Bertz CT molecular complexity index is 569. The van der Waals surface area contributed by atoms with Gasteiger partial charge in [0.15, 0.2) is 0 Å². The highest BCUT2D eigenvalue weighted by Crippen LogP contribution is 2.58. The van der Waals surface area contributed by atoms with Gasteiger partial charge in [-0.25, -0.2) is 0 Å². The number of hydrogen-bond donors (Lipinski definition) is 1. The molecule has 0 radical (unpaired) electrons. The van der Waals surface area contributed by atoms with Gasteiger partial charge < -0.3 is 5.32 Å². The van der Waals surface area contributed by atoms with Crippen molar-refractivity contribution in [3.8, 4) is 0 Å². The summed E-state index contributed by atoms with van der Waals surface area (Å²) in [5.41, 5.74) is 2.07. The molecule has 3 fully saturated rings. The number of hydrogen-bond acceptors (Lipinski definition) is 1. The van der Waals surface area contributed by atoms with E-state index < -0.39 is 0 Å². The van der Waals surface area contributed by atoms with Crippen molar-refractivity contribution in [1.29, 1.82) is 0 Å². The Morgan fingerprint density at radius 3 is 2.71 bits per heavy atom. The predicted octanol–water partition coefficient (Wildman–Crippen LogP) is 6.53. The Hall–Kier alpha value is -1.05. The van der Waals surface area contributed by atoms with Gasteiger partial charge in [0.2, 0.25) is 6.41 Å². The lowest BCUT2D eigenvalue weighted by Gasteiger charge is -2.44. The lowest BCUT2D eigenvalue weighted by atomic mass is 9.61. The lowest BCUT2D eigenvalue weighted by Crippen LogP contribution is -2.38. The fraction of sp³-hybridized carbons (Fsp3) is 0.808.